The Balaban J connectivity index is 3.08. The van der Waals surface area contributed by atoms with Gasteiger partial charge >= 0.3 is 0 Å². The van der Waals surface area contributed by atoms with Gasteiger partial charge < -0.3 is 0 Å². The maximum atomic E-state index is 12.9. The molecule has 0 aliphatic heterocycles. The van der Waals surface area contributed by atoms with E-state index >= 15 is 0 Å². The van der Waals surface area contributed by atoms with Crippen LogP contribution in [0.15, 0.2) is 18.2 Å². The lowest BCUT2D eigenvalue weighted by Gasteiger charge is -2.06. The molecule has 0 saturated carbocycles. The highest BCUT2D eigenvalue weighted by Gasteiger charge is 2.09. The summed E-state index contributed by atoms with van der Waals surface area (Å²) < 4.78 is 12.9. The van der Waals surface area contributed by atoms with Gasteiger partial charge in [-0.2, -0.15) is 5.26 Å². The highest BCUT2D eigenvalue weighted by atomic mass is 35.5. The molecule has 13 heavy (non-hydrogen) atoms. The quantitative estimate of drug-likeness (QED) is 0.712. The molecule has 1 aromatic rings. The number of rotatable bonds is 2. The third kappa shape index (κ3) is 2.43. The predicted octanol–water partition coefficient (Wildman–Crippen LogP) is 3.50. The molecular weight excluding hydrogens is 189 g/mol. The van der Waals surface area contributed by atoms with Crippen LogP contribution in [0.1, 0.15) is 24.8 Å². The minimum absolute atomic E-state index is 0.270. The van der Waals surface area contributed by atoms with Gasteiger partial charge in [-0.25, -0.2) is 4.39 Å². The van der Waals surface area contributed by atoms with Gasteiger partial charge in [0.25, 0.3) is 0 Å². The van der Waals surface area contributed by atoms with Crippen molar-refractivity contribution in [1.29, 1.82) is 5.26 Å². The molecule has 0 aliphatic carbocycles. The summed E-state index contributed by atoms with van der Waals surface area (Å²) in [4.78, 5) is 0. The van der Waals surface area contributed by atoms with Crippen molar-refractivity contribution < 1.29 is 4.39 Å². The van der Waals surface area contributed by atoms with E-state index in [-0.39, 0.29) is 5.92 Å². The highest BCUT2D eigenvalue weighted by molar-refractivity contribution is 6.30. The van der Waals surface area contributed by atoms with Crippen molar-refractivity contribution in [3.05, 3.63) is 34.6 Å². The van der Waals surface area contributed by atoms with Crippen LogP contribution in [-0.2, 0) is 0 Å². The van der Waals surface area contributed by atoms with Gasteiger partial charge in [0, 0.05) is 5.02 Å². The van der Waals surface area contributed by atoms with Crippen molar-refractivity contribution in [3.63, 3.8) is 0 Å². The summed E-state index contributed by atoms with van der Waals surface area (Å²) in [5, 5.41) is 9.08. The van der Waals surface area contributed by atoms with E-state index in [1.807, 2.05) is 6.92 Å². The highest BCUT2D eigenvalue weighted by Crippen LogP contribution is 2.23. The molecule has 1 atom stereocenters. The van der Waals surface area contributed by atoms with E-state index < -0.39 is 5.82 Å². The largest absolute Gasteiger partial charge is 0.207 e. The van der Waals surface area contributed by atoms with Gasteiger partial charge in [-0.1, -0.05) is 18.5 Å². The SMILES string of the molecule is CCC(C#N)c1cc(F)cc(Cl)c1. The zero-order chi connectivity index (χ0) is 9.84. The number of hydrogen-bond donors (Lipinski definition) is 0. The molecule has 0 spiro atoms. The number of benzene rings is 1. The van der Waals surface area contributed by atoms with E-state index in [0.717, 1.165) is 0 Å². The summed E-state index contributed by atoms with van der Waals surface area (Å²) in [5.74, 6) is -0.663. The third-order valence-electron chi connectivity index (χ3n) is 1.85. The van der Waals surface area contributed by atoms with Gasteiger partial charge in [-0.15, -0.1) is 0 Å². The van der Waals surface area contributed by atoms with Gasteiger partial charge in [0.2, 0.25) is 0 Å². The summed E-state index contributed by atoms with van der Waals surface area (Å²) in [6, 6.07) is 6.31. The molecule has 0 saturated heterocycles. The van der Waals surface area contributed by atoms with Crippen LogP contribution in [0, 0.1) is 17.1 Å². The van der Waals surface area contributed by atoms with Crippen molar-refractivity contribution in [1.82, 2.24) is 0 Å². The van der Waals surface area contributed by atoms with Crippen molar-refractivity contribution in [2.45, 2.75) is 19.3 Å². The fourth-order valence-electron chi connectivity index (χ4n) is 1.18. The van der Waals surface area contributed by atoms with Crippen molar-refractivity contribution in [3.8, 4) is 6.07 Å². The van der Waals surface area contributed by atoms with Gasteiger partial charge in [0.15, 0.2) is 0 Å². The fraction of sp³-hybridized carbons (Fsp3) is 0.300. The van der Waals surface area contributed by atoms with E-state index in [1.54, 1.807) is 6.07 Å². The Labute approximate surface area is 81.8 Å². The number of hydrogen-bond acceptors (Lipinski definition) is 1. The minimum Gasteiger partial charge on any atom is -0.207 e. The van der Waals surface area contributed by atoms with Crippen LogP contribution in [0.5, 0.6) is 0 Å². The fourth-order valence-corrected chi connectivity index (χ4v) is 1.41. The second kappa shape index (κ2) is 4.25. The maximum absolute atomic E-state index is 12.9. The van der Waals surface area contributed by atoms with Crippen LogP contribution < -0.4 is 0 Å². The average Bonchev–Trinajstić information content (AvgIpc) is 2.04. The van der Waals surface area contributed by atoms with Gasteiger partial charge in [0.05, 0.1) is 12.0 Å². The molecule has 0 radical (unpaired) electrons. The van der Waals surface area contributed by atoms with E-state index in [9.17, 15) is 4.39 Å². The molecular formula is C10H9ClFN. The Hall–Kier alpha value is -1.07. The molecule has 1 rings (SSSR count). The molecule has 0 bridgehead atoms. The van der Waals surface area contributed by atoms with E-state index in [0.29, 0.717) is 17.0 Å². The minimum atomic E-state index is -0.392. The molecule has 0 N–H and O–H groups in total. The number of nitrogens with zero attached hydrogens (tertiary/aromatic N) is 1. The zero-order valence-electron chi connectivity index (χ0n) is 7.22. The molecule has 0 aliphatic rings. The lowest BCUT2D eigenvalue weighted by atomic mass is 9.98. The molecule has 1 aromatic carbocycles. The number of nitriles is 1. The number of halogens is 2. The lowest BCUT2D eigenvalue weighted by molar-refractivity contribution is 0.623. The van der Waals surface area contributed by atoms with Crippen molar-refractivity contribution in [2.24, 2.45) is 0 Å². The molecule has 1 unspecified atom stereocenters. The molecule has 0 aromatic heterocycles. The van der Waals surface area contributed by atoms with Crippen LogP contribution in [-0.4, -0.2) is 0 Å². The molecule has 3 heteroatoms. The van der Waals surface area contributed by atoms with E-state index in [2.05, 4.69) is 6.07 Å². The zero-order valence-corrected chi connectivity index (χ0v) is 7.98. The predicted molar refractivity (Wildman–Crippen MR) is 50.1 cm³/mol. The van der Waals surface area contributed by atoms with Crippen LogP contribution in [0.4, 0.5) is 4.39 Å². The summed E-state index contributed by atoms with van der Waals surface area (Å²) in [6.45, 7) is 1.88. The van der Waals surface area contributed by atoms with Crippen molar-refractivity contribution >= 4 is 11.6 Å². The average molecular weight is 198 g/mol. The standard InChI is InChI=1S/C10H9ClFN/c1-2-7(6-13)8-3-9(11)5-10(12)4-8/h3-5,7H,2H2,1H3. The van der Waals surface area contributed by atoms with Crippen LogP contribution >= 0.6 is 11.6 Å². The Kier molecular flexibility index (Phi) is 3.27. The maximum Gasteiger partial charge on any atom is 0.125 e. The Morgan fingerprint density at radius 1 is 1.54 bits per heavy atom. The summed E-state index contributed by atoms with van der Waals surface area (Å²) in [6.07, 6.45) is 0.663. The first kappa shape index (κ1) is 10.0. The van der Waals surface area contributed by atoms with Crippen LogP contribution in [0.2, 0.25) is 5.02 Å². The van der Waals surface area contributed by atoms with Crippen LogP contribution in [0.3, 0.4) is 0 Å². The van der Waals surface area contributed by atoms with E-state index in [4.69, 9.17) is 16.9 Å². The lowest BCUT2D eigenvalue weighted by Crippen LogP contribution is -1.94. The van der Waals surface area contributed by atoms with Gasteiger partial charge in [0.1, 0.15) is 5.82 Å². The molecule has 0 fully saturated rings. The third-order valence-corrected chi connectivity index (χ3v) is 2.07. The van der Waals surface area contributed by atoms with Gasteiger partial charge in [-0.05, 0) is 30.2 Å². The Bertz CT molecular complexity index is 323. The first-order chi connectivity index (χ1) is 6.17. The van der Waals surface area contributed by atoms with Crippen LogP contribution in [0.25, 0.3) is 0 Å². The van der Waals surface area contributed by atoms with Gasteiger partial charge in [-0.3, -0.25) is 0 Å². The molecule has 0 heterocycles. The smallest absolute Gasteiger partial charge is 0.125 e. The first-order valence-corrected chi connectivity index (χ1v) is 4.40. The summed E-state index contributed by atoms with van der Waals surface area (Å²) >= 11 is 5.66. The normalized spacial score (nSPS) is 12.2. The molecule has 68 valence electrons. The Morgan fingerprint density at radius 3 is 2.69 bits per heavy atom. The second-order valence-electron chi connectivity index (χ2n) is 2.79. The topological polar surface area (TPSA) is 23.8 Å². The summed E-state index contributed by atoms with van der Waals surface area (Å²) in [5.41, 5.74) is 0.648. The Morgan fingerprint density at radius 2 is 2.23 bits per heavy atom. The summed E-state index contributed by atoms with van der Waals surface area (Å²) in [7, 11) is 0. The molecule has 1 nitrogen and oxygen atoms in total. The first-order valence-electron chi connectivity index (χ1n) is 4.03. The monoisotopic (exact) mass is 197 g/mol. The van der Waals surface area contributed by atoms with E-state index in [1.165, 1.54) is 12.1 Å². The molecule has 0 amide bonds. The van der Waals surface area contributed by atoms with Crippen molar-refractivity contribution in [2.75, 3.05) is 0 Å². The second-order valence-corrected chi connectivity index (χ2v) is 3.23.